The van der Waals surface area contributed by atoms with Gasteiger partial charge in [-0.15, -0.1) is 0 Å². The van der Waals surface area contributed by atoms with Gasteiger partial charge in [-0.1, -0.05) is 11.6 Å². The highest BCUT2D eigenvalue weighted by atomic mass is 35.5. The smallest absolute Gasteiger partial charge is 0.316 e. The molecule has 0 atom stereocenters. The van der Waals surface area contributed by atoms with Crippen LogP contribution in [0.5, 0.6) is 6.01 Å². The van der Waals surface area contributed by atoms with Crippen LogP contribution < -0.4 is 10.1 Å². The van der Waals surface area contributed by atoms with Crippen LogP contribution in [0.1, 0.15) is 21.6 Å². The second-order valence-electron chi connectivity index (χ2n) is 4.27. The number of halogens is 1. The lowest BCUT2D eigenvalue weighted by atomic mass is 10.2. The van der Waals surface area contributed by atoms with Crippen LogP contribution in [0, 0.1) is 13.8 Å². The Bertz CT molecular complexity index is 659. The zero-order valence-corrected chi connectivity index (χ0v) is 12.2. The molecule has 2 aromatic rings. The normalized spacial score (nSPS) is 10.2. The highest BCUT2D eigenvalue weighted by Gasteiger charge is 2.13. The Morgan fingerprint density at radius 3 is 2.70 bits per heavy atom. The predicted octanol–water partition coefficient (Wildman–Crippen LogP) is 3.01. The third-order valence-corrected chi connectivity index (χ3v) is 3.06. The van der Waals surface area contributed by atoms with Crippen LogP contribution in [0.4, 0.5) is 5.69 Å². The molecule has 0 spiro atoms. The summed E-state index contributed by atoms with van der Waals surface area (Å²) < 4.78 is 4.91. The molecule has 1 N–H and O–H groups in total. The number of nitrogens with zero attached hydrogens (tertiary/aromatic N) is 2. The van der Waals surface area contributed by atoms with Crippen molar-refractivity contribution in [3.05, 3.63) is 46.2 Å². The van der Waals surface area contributed by atoms with E-state index in [1.807, 2.05) is 6.92 Å². The van der Waals surface area contributed by atoms with Gasteiger partial charge >= 0.3 is 6.01 Å². The van der Waals surface area contributed by atoms with E-state index in [1.165, 1.54) is 13.3 Å². The number of hydrogen-bond donors (Lipinski definition) is 1. The molecule has 1 amide bonds. The maximum absolute atomic E-state index is 12.2. The van der Waals surface area contributed by atoms with Gasteiger partial charge in [-0.05, 0) is 37.6 Å². The molecule has 20 heavy (non-hydrogen) atoms. The van der Waals surface area contributed by atoms with E-state index >= 15 is 0 Å². The Hall–Kier alpha value is -2.14. The van der Waals surface area contributed by atoms with Gasteiger partial charge in [0.2, 0.25) is 0 Å². The van der Waals surface area contributed by atoms with Gasteiger partial charge in [-0.2, -0.15) is 4.98 Å². The summed E-state index contributed by atoms with van der Waals surface area (Å²) in [5, 5.41) is 3.44. The third-order valence-electron chi connectivity index (χ3n) is 2.82. The topological polar surface area (TPSA) is 64.1 Å². The van der Waals surface area contributed by atoms with Crippen molar-refractivity contribution in [2.75, 3.05) is 12.4 Å². The molecule has 104 valence electrons. The first-order valence-electron chi connectivity index (χ1n) is 5.96. The van der Waals surface area contributed by atoms with Crippen LogP contribution >= 0.6 is 11.6 Å². The summed E-state index contributed by atoms with van der Waals surface area (Å²) in [6.07, 6.45) is 1.45. The second-order valence-corrected chi connectivity index (χ2v) is 4.71. The molecule has 0 fully saturated rings. The summed E-state index contributed by atoms with van der Waals surface area (Å²) in [7, 11) is 1.48. The van der Waals surface area contributed by atoms with Crippen molar-refractivity contribution in [3.63, 3.8) is 0 Å². The first-order chi connectivity index (χ1) is 9.51. The first-order valence-corrected chi connectivity index (χ1v) is 6.34. The van der Waals surface area contributed by atoms with Crippen LogP contribution in [0.3, 0.4) is 0 Å². The largest absolute Gasteiger partial charge is 0.467 e. The summed E-state index contributed by atoms with van der Waals surface area (Å²) in [5.41, 5.74) is 2.55. The fourth-order valence-corrected chi connectivity index (χ4v) is 1.95. The quantitative estimate of drug-likeness (QED) is 0.944. The van der Waals surface area contributed by atoms with E-state index in [4.69, 9.17) is 16.3 Å². The highest BCUT2D eigenvalue weighted by molar-refractivity contribution is 6.30. The molecule has 1 aromatic heterocycles. The maximum atomic E-state index is 12.2. The molecule has 6 heteroatoms. The van der Waals surface area contributed by atoms with Crippen LogP contribution in [0.25, 0.3) is 0 Å². The fraction of sp³-hybridized carbons (Fsp3) is 0.214. The van der Waals surface area contributed by atoms with Gasteiger partial charge in [0.1, 0.15) is 0 Å². The molecule has 0 aliphatic carbocycles. The lowest BCUT2D eigenvalue weighted by Crippen LogP contribution is -2.15. The van der Waals surface area contributed by atoms with E-state index in [0.717, 1.165) is 5.56 Å². The van der Waals surface area contributed by atoms with Gasteiger partial charge in [0.05, 0.1) is 18.4 Å². The number of amides is 1. The SMILES string of the molecule is COc1ncc(C(=O)Nc2ccc(Cl)cc2C)c(C)n1. The summed E-state index contributed by atoms with van der Waals surface area (Å²) in [6.45, 7) is 3.60. The number of ether oxygens (including phenoxy) is 1. The molecule has 2 rings (SSSR count). The van der Waals surface area contributed by atoms with Crippen molar-refractivity contribution >= 4 is 23.2 Å². The van der Waals surface area contributed by atoms with Gasteiger partial charge in [-0.25, -0.2) is 4.98 Å². The maximum Gasteiger partial charge on any atom is 0.316 e. The van der Waals surface area contributed by atoms with E-state index in [1.54, 1.807) is 25.1 Å². The average Bonchev–Trinajstić information content (AvgIpc) is 2.41. The molecular formula is C14H14ClN3O2. The summed E-state index contributed by atoms with van der Waals surface area (Å²) in [4.78, 5) is 20.2. The minimum atomic E-state index is -0.268. The molecule has 1 heterocycles. The minimum absolute atomic E-state index is 0.238. The van der Waals surface area contributed by atoms with Gasteiger partial charge in [0, 0.05) is 16.9 Å². The predicted molar refractivity (Wildman–Crippen MR) is 77.5 cm³/mol. The van der Waals surface area contributed by atoms with Gasteiger partial charge in [-0.3, -0.25) is 4.79 Å². The Morgan fingerprint density at radius 2 is 2.10 bits per heavy atom. The van der Waals surface area contributed by atoms with Gasteiger partial charge in [0.15, 0.2) is 0 Å². The number of anilines is 1. The molecule has 0 bridgehead atoms. The lowest BCUT2D eigenvalue weighted by molar-refractivity contribution is 0.102. The zero-order valence-electron chi connectivity index (χ0n) is 11.4. The number of carbonyl (C=O) groups is 1. The summed E-state index contributed by atoms with van der Waals surface area (Å²) in [6, 6.07) is 5.51. The van der Waals surface area contributed by atoms with Crippen molar-refractivity contribution in [3.8, 4) is 6.01 Å². The fourth-order valence-electron chi connectivity index (χ4n) is 1.72. The first kappa shape index (κ1) is 14.3. The zero-order chi connectivity index (χ0) is 14.7. The number of hydrogen-bond acceptors (Lipinski definition) is 4. The molecule has 0 saturated heterocycles. The standard InChI is InChI=1S/C14H14ClN3O2/c1-8-6-10(15)4-5-12(8)18-13(19)11-7-16-14(20-3)17-9(11)2/h4-7H,1-3H3,(H,18,19). The number of rotatable bonds is 3. The van der Waals surface area contributed by atoms with Crippen LogP contribution in [-0.4, -0.2) is 23.0 Å². The van der Waals surface area contributed by atoms with Crippen LogP contribution in [0.15, 0.2) is 24.4 Å². The molecule has 0 saturated carbocycles. The van der Waals surface area contributed by atoms with E-state index in [2.05, 4.69) is 15.3 Å². The van der Waals surface area contributed by atoms with Gasteiger partial charge in [0.25, 0.3) is 5.91 Å². The Balaban J connectivity index is 2.24. The van der Waals surface area contributed by atoms with Crippen molar-refractivity contribution in [2.45, 2.75) is 13.8 Å². The molecule has 0 unspecified atom stereocenters. The number of carbonyl (C=O) groups excluding carboxylic acids is 1. The van der Waals surface area contributed by atoms with Crippen molar-refractivity contribution in [2.24, 2.45) is 0 Å². The second kappa shape index (κ2) is 5.88. The Labute approximate surface area is 122 Å². The van der Waals surface area contributed by atoms with E-state index in [-0.39, 0.29) is 11.9 Å². The van der Waals surface area contributed by atoms with Crippen LogP contribution in [0.2, 0.25) is 5.02 Å². The van der Waals surface area contributed by atoms with Crippen LogP contribution in [-0.2, 0) is 0 Å². The molecule has 5 nitrogen and oxygen atoms in total. The number of benzene rings is 1. The molecule has 0 aliphatic heterocycles. The molecule has 1 aromatic carbocycles. The Kier molecular flexibility index (Phi) is 4.20. The van der Waals surface area contributed by atoms with E-state index < -0.39 is 0 Å². The van der Waals surface area contributed by atoms with E-state index in [0.29, 0.717) is 22.0 Å². The number of aryl methyl sites for hydroxylation is 2. The summed E-state index contributed by atoms with van der Waals surface area (Å²) in [5.74, 6) is -0.268. The average molecular weight is 292 g/mol. The van der Waals surface area contributed by atoms with Gasteiger partial charge < -0.3 is 10.1 Å². The summed E-state index contributed by atoms with van der Waals surface area (Å²) >= 11 is 5.88. The molecular weight excluding hydrogens is 278 g/mol. The third kappa shape index (κ3) is 3.05. The number of aromatic nitrogens is 2. The lowest BCUT2D eigenvalue weighted by Gasteiger charge is -2.10. The minimum Gasteiger partial charge on any atom is -0.467 e. The van der Waals surface area contributed by atoms with Crippen molar-refractivity contribution < 1.29 is 9.53 Å². The number of nitrogens with one attached hydrogen (secondary N) is 1. The highest BCUT2D eigenvalue weighted by Crippen LogP contribution is 2.20. The van der Waals surface area contributed by atoms with Crippen molar-refractivity contribution in [1.82, 2.24) is 9.97 Å². The van der Waals surface area contributed by atoms with Crippen molar-refractivity contribution in [1.29, 1.82) is 0 Å². The van der Waals surface area contributed by atoms with E-state index in [9.17, 15) is 4.79 Å². The number of methoxy groups -OCH3 is 1. The monoisotopic (exact) mass is 291 g/mol. The Morgan fingerprint density at radius 1 is 1.35 bits per heavy atom. The molecule has 0 aliphatic rings. The molecule has 0 radical (unpaired) electrons.